The summed E-state index contributed by atoms with van der Waals surface area (Å²) in [6.45, 7) is 4.40. The van der Waals surface area contributed by atoms with Gasteiger partial charge in [0.1, 0.15) is 0 Å². The highest BCUT2D eigenvalue weighted by Crippen LogP contribution is 2.15. The standard InChI is InChI=1S/C15H21N7O/c1-2-22-11-13(9-18-22)20-15(23)19-12-5-3-8-21(10-12)14-16-6-4-7-17-14/h4,6-7,9,11-12H,2-3,5,8,10H2,1H3,(H2,19,20,23). The van der Waals surface area contributed by atoms with Crippen molar-refractivity contribution >= 4 is 17.7 Å². The third-order valence-corrected chi connectivity index (χ3v) is 3.81. The summed E-state index contributed by atoms with van der Waals surface area (Å²) in [5.41, 5.74) is 0.698. The number of anilines is 2. The molecule has 1 fully saturated rings. The minimum Gasteiger partial charge on any atom is -0.339 e. The van der Waals surface area contributed by atoms with Gasteiger partial charge in [0.2, 0.25) is 5.95 Å². The molecule has 1 saturated heterocycles. The van der Waals surface area contributed by atoms with Crippen LogP contribution in [0.1, 0.15) is 19.8 Å². The van der Waals surface area contributed by atoms with Crippen LogP contribution in [0.5, 0.6) is 0 Å². The van der Waals surface area contributed by atoms with Crippen LogP contribution in [-0.4, -0.2) is 44.9 Å². The molecular formula is C15H21N7O. The Hall–Kier alpha value is -2.64. The predicted molar refractivity (Wildman–Crippen MR) is 87.3 cm³/mol. The molecule has 23 heavy (non-hydrogen) atoms. The number of hydrogen-bond donors (Lipinski definition) is 2. The number of aromatic nitrogens is 4. The lowest BCUT2D eigenvalue weighted by molar-refractivity contribution is 0.246. The van der Waals surface area contributed by atoms with Crippen LogP contribution in [0, 0.1) is 0 Å². The number of piperidine rings is 1. The first-order valence-electron chi connectivity index (χ1n) is 7.86. The van der Waals surface area contributed by atoms with Crippen molar-refractivity contribution in [1.29, 1.82) is 0 Å². The molecule has 2 aromatic heterocycles. The number of nitrogens with zero attached hydrogens (tertiary/aromatic N) is 5. The third kappa shape index (κ3) is 3.97. The molecule has 0 radical (unpaired) electrons. The van der Waals surface area contributed by atoms with Gasteiger partial charge in [-0.1, -0.05) is 0 Å². The lowest BCUT2D eigenvalue weighted by Crippen LogP contribution is -2.49. The average Bonchev–Trinajstić information content (AvgIpc) is 3.03. The normalized spacial score (nSPS) is 17.8. The Balaban J connectivity index is 1.54. The first-order chi connectivity index (χ1) is 11.2. The topological polar surface area (TPSA) is 88.0 Å². The number of carbonyl (C=O) groups excluding carboxylic acids is 1. The van der Waals surface area contributed by atoms with Crippen molar-refractivity contribution in [2.45, 2.75) is 32.4 Å². The van der Waals surface area contributed by atoms with Gasteiger partial charge in [0.25, 0.3) is 0 Å². The van der Waals surface area contributed by atoms with Crippen molar-refractivity contribution < 1.29 is 4.79 Å². The molecule has 0 bridgehead atoms. The van der Waals surface area contributed by atoms with Crippen molar-refractivity contribution in [2.75, 3.05) is 23.3 Å². The molecule has 1 atom stereocenters. The monoisotopic (exact) mass is 315 g/mol. The number of amides is 2. The van der Waals surface area contributed by atoms with Crippen LogP contribution in [-0.2, 0) is 6.54 Å². The molecular weight excluding hydrogens is 294 g/mol. The smallest absolute Gasteiger partial charge is 0.319 e. The average molecular weight is 315 g/mol. The Labute approximate surface area is 134 Å². The molecule has 8 nitrogen and oxygen atoms in total. The zero-order valence-electron chi connectivity index (χ0n) is 13.1. The van der Waals surface area contributed by atoms with Crippen LogP contribution in [0.25, 0.3) is 0 Å². The second-order valence-electron chi connectivity index (χ2n) is 5.52. The molecule has 1 aliphatic rings. The van der Waals surface area contributed by atoms with E-state index in [1.54, 1.807) is 29.3 Å². The Morgan fingerprint density at radius 1 is 1.39 bits per heavy atom. The van der Waals surface area contributed by atoms with Gasteiger partial charge in [-0.2, -0.15) is 5.10 Å². The summed E-state index contributed by atoms with van der Waals surface area (Å²) in [5.74, 6) is 0.712. The summed E-state index contributed by atoms with van der Waals surface area (Å²) in [5, 5.41) is 9.96. The molecule has 3 rings (SSSR count). The number of aryl methyl sites for hydroxylation is 1. The van der Waals surface area contributed by atoms with Gasteiger partial charge >= 0.3 is 6.03 Å². The van der Waals surface area contributed by atoms with E-state index >= 15 is 0 Å². The van der Waals surface area contributed by atoms with E-state index in [1.807, 2.05) is 13.1 Å². The van der Waals surface area contributed by atoms with Crippen molar-refractivity contribution in [1.82, 2.24) is 25.1 Å². The van der Waals surface area contributed by atoms with E-state index in [-0.39, 0.29) is 12.1 Å². The fourth-order valence-corrected chi connectivity index (χ4v) is 2.68. The van der Waals surface area contributed by atoms with E-state index in [0.717, 1.165) is 25.9 Å². The second-order valence-corrected chi connectivity index (χ2v) is 5.52. The second kappa shape index (κ2) is 7.08. The van der Waals surface area contributed by atoms with E-state index in [2.05, 4.69) is 30.6 Å². The van der Waals surface area contributed by atoms with Crippen molar-refractivity contribution in [3.63, 3.8) is 0 Å². The zero-order valence-corrected chi connectivity index (χ0v) is 13.1. The van der Waals surface area contributed by atoms with E-state index < -0.39 is 0 Å². The third-order valence-electron chi connectivity index (χ3n) is 3.81. The largest absolute Gasteiger partial charge is 0.339 e. The molecule has 122 valence electrons. The van der Waals surface area contributed by atoms with Gasteiger partial charge in [0.15, 0.2) is 0 Å². The van der Waals surface area contributed by atoms with Gasteiger partial charge in [-0.25, -0.2) is 14.8 Å². The summed E-state index contributed by atoms with van der Waals surface area (Å²) in [4.78, 5) is 22.8. The first kappa shape index (κ1) is 15.3. The fourth-order valence-electron chi connectivity index (χ4n) is 2.68. The fraction of sp³-hybridized carbons (Fsp3) is 0.467. The maximum Gasteiger partial charge on any atom is 0.319 e. The minimum absolute atomic E-state index is 0.0776. The highest BCUT2D eigenvalue weighted by molar-refractivity contribution is 5.89. The zero-order chi connectivity index (χ0) is 16.1. The molecule has 8 heteroatoms. The number of carbonyl (C=O) groups is 1. The van der Waals surface area contributed by atoms with E-state index in [0.29, 0.717) is 18.2 Å². The number of rotatable bonds is 4. The molecule has 0 aliphatic carbocycles. The minimum atomic E-state index is -0.207. The Bertz CT molecular complexity index is 642. The van der Waals surface area contributed by atoms with Crippen LogP contribution in [0.2, 0.25) is 0 Å². The molecule has 0 spiro atoms. The summed E-state index contributed by atoms with van der Waals surface area (Å²) in [7, 11) is 0. The molecule has 1 aliphatic heterocycles. The summed E-state index contributed by atoms with van der Waals surface area (Å²) in [6.07, 6.45) is 8.87. The molecule has 2 amide bonds. The number of hydrogen-bond acceptors (Lipinski definition) is 5. The van der Waals surface area contributed by atoms with Gasteiger partial charge in [-0.3, -0.25) is 4.68 Å². The van der Waals surface area contributed by atoms with Crippen molar-refractivity contribution in [2.24, 2.45) is 0 Å². The molecule has 0 aromatic carbocycles. The number of nitrogens with one attached hydrogen (secondary N) is 2. The van der Waals surface area contributed by atoms with Crippen LogP contribution in [0.15, 0.2) is 30.9 Å². The highest BCUT2D eigenvalue weighted by atomic mass is 16.2. The van der Waals surface area contributed by atoms with Crippen LogP contribution in [0.3, 0.4) is 0 Å². The van der Waals surface area contributed by atoms with Gasteiger partial charge in [-0.05, 0) is 25.8 Å². The Kier molecular flexibility index (Phi) is 4.70. The lowest BCUT2D eigenvalue weighted by atomic mass is 10.1. The van der Waals surface area contributed by atoms with E-state index in [9.17, 15) is 4.79 Å². The van der Waals surface area contributed by atoms with Gasteiger partial charge in [-0.15, -0.1) is 0 Å². The predicted octanol–water partition coefficient (Wildman–Crippen LogP) is 1.48. The summed E-state index contributed by atoms with van der Waals surface area (Å²) < 4.78 is 1.77. The summed E-state index contributed by atoms with van der Waals surface area (Å²) in [6, 6.07) is 1.67. The summed E-state index contributed by atoms with van der Waals surface area (Å²) >= 11 is 0. The van der Waals surface area contributed by atoms with Gasteiger partial charge in [0.05, 0.1) is 11.9 Å². The SMILES string of the molecule is CCn1cc(NC(=O)NC2CCCN(c3ncccn3)C2)cn1. The van der Waals surface area contributed by atoms with E-state index in [4.69, 9.17) is 0 Å². The van der Waals surface area contributed by atoms with Crippen molar-refractivity contribution in [3.05, 3.63) is 30.9 Å². The highest BCUT2D eigenvalue weighted by Gasteiger charge is 2.23. The van der Waals surface area contributed by atoms with Crippen LogP contribution in [0.4, 0.5) is 16.4 Å². The van der Waals surface area contributed by atoms with Gasteiger partial charge < -0.3 is 15.5 Å². The lowest BCUT2D eigenvalue weighted by Gasteiger charge is -2.33. The quantitative estimate of drug-likeness (QED) is 0.892. The van der Waals surface area contributed by atoms with Crippen molar-refractivity contribution in [3.8, 4) is 0 Å². The Morgan fingerprint density at radius 2 is 2.22 bits per heavy atom. The van der Waals surface area contributed by atoms with Gasteiger partial charge in [0, 0.05) is 44.3 Å². The molecule has 2 aromatic rings. The first-order valence-corrected chi connectivity index (χ1v) is 7.86. The van der Waals surface area contributed by atoms with Crippen LogP contribution < -0.4 is 15.5 Å². The molecule has 0 saturated carbocycles. The maximum absolute atomic E-state index is 12.1. The Morgan fingerprint density at radius 3 is 2.96 bits per heavy atom. The van der Waals surface area contributed by atoms with E-state index in [1.165, 1.54) is 0 Å². The maximum atomic E-state index is 12.1. The molecule has 2 N–H and O–H groups in total. The van der Waals surface area contributed by atoms with Crippen LogP contribution >= 0.6 is 0 Å². The molecule has 3 heterocycles. The number of urea groups is 1. The molecule has 1 unspecified atom stereocenters.